The predicted molar refractivity (Wildman–Crippen MR) is 118 cm³/mol. The summed E-state index contributed by atoms with van der Waals surface area (Å²) in [5.74, 6) is -0.162. The third kappa shape index (κ3) is 3.50. The molecule has 0 spiro atoms. The lowest BCUT2D eigenvalue weighted by molar-refractivity contribution is -0.121. The Morgan fingerprint density at radius 2 is 1.94 bits per heavy atom. The molecular formula is C21H20N4O4S2. The number of nitrogens with one attached hydrogen (secondary N) is 1. The average Bonchev–Trinajstić information content (AvgIpc) is 3.53. The van der Waals surface area contributed by atoms with E-state index in [1.165, 1.54) is 16.4 Å². The quantitative estimate of drug-likeness (QED) is 0.649. The molecule has 3 aromatic rings. The largest absolute Gasteiger partial charge is 0.310 e. The summed E-state index contributed by atoms with van der Waals surface area (Å²) in [6.45, 7) is 0.891. The van der Waals surface area contributed by atoms with Crippen LogP contribution in [0.2, 0.25) is 0 Å². The number of sulfonamides is 1. The Morgan fingerprint density at radius 3 is 2.74 bits per heavy atom. The Balaban J connectivity index is 1.42. The first-order chi connectivity index (χ1) is 14.9. The number of hydrogen-bond donors (Lipinski definition) is 1. The van der Waals surface area contributed by atoms with Gasteiger partial charge in [0.15, 0.2) is 0 Å². The van der Waals surface area contributed by atoms with Gasteiger partial charge in [0, 0.05) is 24.8 Å². The first kappa shape index (κ1) is 20.1. The highest BCUT2D eigenvalue weighted by Gasteiger charge is 2.43. The van der Waals surface area contributed by atoms with E-state index in [4.69, 9.17) is 0 Å². The van der Waals surface area contributed by atoms with Gasteiger partial charge in [-0.25, -0.2) is 13.5 Å². The molecule has 0 radical (unpaired) electrons. The molecule has 1 fully saturated rings. The third-order valence-corrected chi connectivity index (χ3v) is 9.20. The molecule has 1 saturated heterocycles. The van der Waals surface area contributed by atoms with Crippen molar-refractivity contribution in [3.05, 3.63) is 64.4 Å². The molecule has 4 heterocycles. The van der Waals surface area contributed by atoms with Crippen LogP contribution < -0.4 is 10.5 Å². The number of anilines is 1. The standard InChI is InChI=1S/C21H20N4O4S2/c26-19-9-7-15(22-23-19)18-8-10-20(30-18)31(28,29)25-12-3-6-17(25)21(27)24-13-11-14-4-1-2-5-16(14)24/h1-2,4-5,7-10,17H,3,6,11-13H2,(H,23,26)/t17-/m1/s1. The fourth-order valence-electron chi connectivity index (χ4n) is 4.22. The van der Waals surface area contributed by atoms with Crippen molar-refractivity contribution in [2.24, 2.45) is 0 Å². The minimum atomic E-state index is -3.83. The molecule has 1 aromatic carbocycles. The molecule has 2 aliphatic heterocycles. The lowest BCUT2D eigenvalue weighted by Crippen LogP contribution is -2.47. The Kier molecular flexibility index (Phi) is 4.99. The number of H-pyrrole nitrogens is 1. The van der Waals surface area contributed by atoms with Crippen LogP contribution in [-0.4, -0.2) is 48.0 Å². The van der Waals surface area contributed by atoms with E-state index in [1.54, 1.807) is 17.0 Å². The Morgan fingerprint density at radius 1 is 1.10 bits per heavy atom. The number of amides is 1. The Bertz CT molecular complexity index is 1290. The summed E-state index contributed by atoms with van der Waals surface area (Å²) in [7, 11) is -3.83. The first-order valence-electron chi connectivity index (χ1n) is 10.0. The average molecular weight is 457 g/mol. The molecule has 160 valence electrons. The number of carbonyl (C=O) groups excluding carboxylic acids is 1. The van der Waals surface area contributed by atoms with Gasteiger partial charge in [-0.1, -0.05) is 18.2 Å². The zero-order valence-corrected chi connectivity index (χ0v) is 18.2. The van der Waals surface area contributed by atoms with Crippen molar-refractivity contribution in [1.82, 2.24) is 14.5 Å². The Hall–Kier alpha value is -2.82. The van der Waals surface area contributed by atoms with Crippen LogP contribution in [0, 0.1) is 0 Å². The highest BCUT2D eigenvalue weighted by Crippen LogP contribution is 2.36. The van der Waals surface area contributed by atoms with Gasteiger partial charge in [0.05, 0.1) is 4.88 Å². The van der Waals surface area contributed by atoms with Gasteiger partial charge in [-0.3, -0.25) is 9.59 Å². The zero-order valence-electron chi connectivity index (χ0n) is 16.5. The van der Waals surface area contributed by atoms with Crippen LogP contribution in [-0.2, 0) is 21.2 Å². The van der Waals surface area contributed by atoms with E-state index in [0.717, 1.165) is 29.0 Å². The Labute approximate surface area is 183 Å². The van der Waals surface area contributed by atoms with Crippen molar-refractivity contribution < 1.29 is 13.2 Å². The number of hydrogen-bond acceptors (Lipinski definition) is 6. The van der Waals surface area contributed by atoms with Crippen LogP contribution in [0.15, 0.2) is 57.5 Å². The van der Waals surface area contributed by atoms with Crippen molar-refractivity contribution >= 4 is 33.0 Å². The van der Waals surface area contributed by atoms with Crippen molar-refractivity contribution in [2.45, 2.75) is 29.5 Å². The number of fused-ring (bicyclic) bond motifs is 1. The summed E-state index contributed by atoms with van der Waals surface area (Å²) >= 11 is 1.08. The monoisotopic (exact) mass is 456 g/mol. The number of rotatable bonds is 4. The summed E-state index contributed by atoms with van der Waals surface area (Å²) in [6, 6.07) is 13.2. The van der Waals surface area contributed by atoms with Crippen molar-refractivity contribution in [1.29, 1.82) is 0 Å². The molecule has 2 aromatic heterocycles. The van der Waals surface area contributed by atoms with E-state index in [0.29, 0.717) is 36.5 Å². The normalized spacial score (nSPS) is 19.0. The molecule has 0 saturated carbocycles. The smallest absolute Gasteiger partial charge is 0.264 e. The van der Waals surface area contributed by atoms with Crippen LogP contribution >= 0.6 is 11.3 Å². The van der Waals surface area contributed by atoms with Crippen LogP contribution in [0.1, 0.15) is 18.4 Å². The summed E-state index contributed by atoms with van der Waals surface area (Å²) in [4.78, 5) is 26.9. The van der Waals surface area contributed by atoms with Crippen LogP contribution in [0.3, 0.4) is 0 Å². The topological polar surface area (TPSA) is 103 Å². The first-order valence-corrected chi connectivity index (χ1v) is 12.3. The second-order valence-corrected chi connectivity index (χ2v) is 10.8. The maximum atomic E-state index is 13.4. The SMILES string of the molecule is O=C([C@H]1CCCN1S(=O)(=O)c1ccc(-c2ccc(=O)[nH]n2)s1)N1CCc2ccccc21. The van der Waals surface area contributed by atoms with E-state index in [-0.39, 0.29) is 15.7 Å². The molecule has 8 nitrogen and oxygen atoms in total. The number of benzene rings is 1. The molecule has 1 atom stereocenters. The number of nitrogens with zero attached hydrogens (tertiary/aromatic N) is 3. The van der Waals surface area contributed by atoms with Crippen molar-refractivity contribution in [2.75, 3.05) is 18.0 Å². The second-order valence-electron chi connectivity index (χ2n) is 7.57. The van der Waals surface area contributed by atoms with Gasteiger partial charge in [0.2, 0.25) is 5.91 Å². The maximum absolute atomic E-state index is 13.4. The molecular weight excluding hydrogens is 436 g/mol. The van der Waals surface area contributed by atoms with Gasteiger partial charge in [-0.05, 0) is 49.1 Å². The van der Waals surface area contributed by atoms with Gasteiger partial charge in [0.1, 0.15) is 15.9 Å². The summed E-state index contributed by atoms with van der Waals surface area (Å²) in [5.41, 5.74) is 2.16. The highest BCUT2D eigenvalue weighted by atomic mass is 32.2. The van der Waals surface area contributed by atoms with Gasteiger partial charge >= 0.3 is 0 Å². The van der Waals surface area contributed by atoms with Gasteiger partial charge < -0.3 is 4.90 Å². The molecule has 5 rings (SSSR count). The van der Waals surface area contributed by atoms with E-state index in [2.05, 4.69) is 10.2 Å². The number of carbonyl (C=O) groups is 1. The minimum absolute atomic E-state index is 0.162. The lowest BCUT2D eigenvalue weighted by atomic mass is 10.1. The molecule has 1 amide bonds. The van der Waals surface area contributed by atoms with E-state index in [1.807, 2.05) is 24.3 Å². The van der Waals surface area contributed by atoms with Gasteiger partial charge in [0.25, 0.3) is 15.6 Å². The van der Waals surface area contributed by atoms with Crippen LogP contribution in [0.4, 0.5) is 5.69 Å². The van der Waals surface area contributed by atoms with E-state index in [9.17, 15) is 18.0 Å². The number of para-hydroxylation sites is 1. The van der Waals surface area contributed by atoms with Crippen molar-refractivity contribution in [3.8, 4) is 10.6 Å². The summed E-state index contributed by atoms with van der Waals surface area (Å²) in [5, 5.41) is 6.32. The zero-order chi connectivity index (χ0) is 21.6. The fraction of sp³-hybridized carbons (Fsp3) is 0.286. The number of aromatic nitrogens is 2. The molecule has 2 aliphatic rings. The van der Waals surface area contributed by atoms with Gasteiger partial charge in [-0.15, -0.1) is 11.3 Å². The summed E-state index contributed by atoms with van der Waals surface area (Å²) in [6.07, 6.45) is 1.93. The van der Waals surface area contributed by atoms with Crippen LogP contribution in [0.25, 0.3) is 10.6 Å². The van der Waals surface area contributed by atoms with E-state index < -0.39 is 16.1 Å². The molecule has 10 heteroatoms. The summed E-state index contributed by atoms with van der Waals surface area (Å²) < 4.78 is 28.3. The molecule has 0 aliphatic carbocycles. The molecule has 0 unspecified atom stereocenters. The predicted octanol–water partition coefficient (Wildman–Crippen LogP) is 2.24. The van der Waals surface area contributed by atoms with E-state index >= 15 is 0 Å². The molecule has 1 N–H and O–H groups in total. The second kappa shape index (κ2) is 7.70. The number of thiophene rings is 1. The molecule has 31 heavy (non-hydrogen) atoms. The number of aromatic amines is 1. The van der Waals surface area contributed by atoms with Crippen molar-refractivity contribution in [3.63, 3.8) is 0 Å². The fourth-order valence-corrected chi connectivity index (χ4v) is 7.27. The maximum Gasteiger partial charge on any atom is 0.264 e. The van der Waals surface area contributed by atoms with Crippen LogP contribution in [0.5, 0.6) is 0 Å². The minimum Gasteiger partial charge on any atom is -0.310 e. The lowest BCUT2D eigenvalue weighted by Gasteiger charge is -2.27. The highest BCUT2D eigenvalue weighted by molar-refractivity contribution is 7.91. The third-order valence-electron chi connectivity index (χ3n) is 5.72. The van der Waals surface area contributed by atoms with Gasteiger partial charge in [-0.2, -0.15) is 9.40 Å². The molecule has 0 bridgehead atoms.